The summed E-state index contributed by atoms with van der Waals surface area (Å²) in [5.74, 6) is 0.869. The Morgan fingerprint density at radius 2 is 1.93 bits per heavy atom. The highest BCUT2D eigenvalue weighted by molar-refractivity contribution is 5.61. The molecule has 2 heterocycles. The van der Waals surface area contributed by atoms with Crippen LogP contribution in [0.4, 0.5) is 0 Å². The zero-order valence-corrected chi connectivity index (χ0v) is 8.81. The van der Waals surface area contributed by atoms with E-state index in [4.69, 9.17) is 0 Å². The first-order valence-corrected chi connectivity index (χ1v) is 4.46. The van der Waals surface area contributed by atoms with Crippen LogP contribution in [0, 0.1) is 13.8 Å². The van der Waals surface area contributed by atoms with E-state index in [1.54, 1.807) is 6.33 Å². The molecule has 14 heavy (non-hydrogen) atoms. The van der Waals surface area contributed by atoms with Gasteiger partial charge >= 0.3 is 0 Å². The maximum Gasteiger partial charge on any atom is 0.167 e. The highest BCUT2D eigenvalue weighted by atomic mass is 15.3. The molecule has 2 rings (SSSR count). The lowest BCUT2D eigenvalue weighted by Crippen LogP contribution is -1.95. The Morgan fingerprint density at radius 1 is 1.21 bits per heavy atom. The summed E-state index contributed by atoms with van der Waals surface area (Å²) in [5, 5.41) is 12.3. The molecule has 2 aromatic rings. The first-order valence-electron chi connectivity index (χ1n) is 4.46. The second-order valence-electron chi connectivity index (χ2n) is 3.43. The molecule has 0 N–H and O–H groups in total. The molecule has 0 saturated carbocycles. The molecule has 0 aliphatic rings. The molecule has 0 aromatic carbocycles. The number of hydrogen-bond donors (Lipinski definition) is 0. The van der Waals surface area contributed by atoms with Crippen molar-refractivity contribution in [2.75, 3.05) is 0 Å². The Hall–Kier alpha value is -1.65. The van der Waals surface area contributed by atoms with Crippen molar-refractivity contribution in [1.82, 2.24) is 24.5 Å². The molecule has 5 nitrogen and oxygen atoms in total. The van der Waals surface area contributed by atoms with E-state index in [2.05, 4.69) is 15.3 Å². The Labute approximate surface area is 82.4 Å². The van der Waals surface area contributed by atoms with Crippen LogP contribution in [-0.2, 0) is 14.1 Å². The van der Waals surface area contributed by atoms with E-state index in [-0.39, 0.29) is 0 Å². The van der Waals surface area contributed by atoms with Crippen molar-refractivity contribution in [3.8, 4) is 11.4 Å². The van der Waals surface area contributed by atoms with E-state index in [1.807, 2.05) is 37.2 Å². The van der Waals surface area contributed by atoms with Crippen LogP contribution in [0.3, 0.4) is 0 Å². The van der Waals surface area contributed by atoms with E-state index in [9.17, 15) is 0 Å². The maximum atomic E-state index is 4.34. The molecule has 5 heteroatoms. The van der Waals surface area contributed by atoms with Gasteiger partial charge in [0.1, 0.15) is 6.33 Å². The molecule has 0 unspecified atom stereocenters. The van der Waals surface area contributed by atoms with E-state index in [1.165, 1.54) is 0 Å². The van der Waals surface area contributed by atoms with Gasteiger partial charge in [0.15, 0.2) is 5.82 Å². The van der Waals surface area contributed by atoms with Crippen LogP contribution in [0.5, 0.6) is 0 Å². The number of aromatic nitrogens is 5. The smallest absolute Gasteiger partial charge is 0.167 e. The predicted molar refractivity (Wildman–Crippen MR) is 52.7 cm³/mol. The Morgan fingerprint density at radius 3 is 2.36 bits per heavy atom. The van der Waals surface area contributed by atoms with Crippen LogP contribution in [0.15, 0.2) is 6.33 Å². The molecule has 0 aliphatic heterocycles. The van der Waals surface area contributed by atoms with Crippen molar-refractivity contribution in [1.29, 1.82) is 0 Å². The number of aryl methyl sites for hydroxylation is 3. The second-order valence-corrected chi connectivity index (χ2v) is 3.43. The first kappa shape index (κ1) is 8.93. The minimum absolute atomic E-state index is 0.869. The normalized spacial score (nSPS) is 10.9. The summed E-state index contributed by atoms with van der Waals surface area (Å²) in [4.78, 5) is 0. The summed E-state index contributed by atoms with van der Waals surface area (Å²) < 4.78 is 3.76. The molecule has 0 bridgehead atoms. The summed E-state index contributed by atoms with van der Waals surface area (Å²) in [6.07, 6.45) is 1.70. The van der Waals surface area contributed by atoms with Gasteiger partial charge < -0.3 is 4.57 Å². The fourth-order valence-corrected chi connectivity index (χ4v) is 1.61. The van der Waals surface area contributed by atoms with Crippen LogP contribution >= 0.6 is 0 Å². The maximum absolute atomic E-state index is 4.34. The Kier molecular flexibility index (Phi) is 1.87. The molecular formula is C9H13N5. The Balaban J connectivity index is 2.68. The lowest BCUT2D eigenvalue weighted by atomic mass is 10.2. The average molecular weight is 191 g/mol. The van der Waals surface area contributed by atoms with Gasteiger partial charge in [0.05, 0.1) is 11.3 Å². The third-order valence-electron chi connectivity index (χ3n) is 2.44. The van der Waals surface area contributed by atoms with Crippen LogP contribution in [0.1, 0.15) is 11.4 Å². The van der Waals surface area contributed by atoms with E-state index < -0.39 is 0 Å². The van der Waals surface area contributed by atoms with Gasteiger partial charge in [-0.3, -0.25) is 4.68 Å². The van der Waals surface area contributed by atoms with E-state index in [0.717, 1.165) is 22.8 Å². The fraction of sp³-hybridized carbons (Fsp3) is 0.444. The predicted octanol–water partition coefficient (Wildman–Crippen LogP) is 0.832. The third-order valence-corrected chi connectivity index (χ3v) is 2.44. The van der Waals surface area contributed by atoms with Crippen molar-refractivity contribution in [3.05, 3.63) is 17.7 Å². The molecule has 0 spiro atoms. The van der Waals surface area contributed by atoms with Gasteiger partial charge in [0.2, 0.25) is 0 Å². The van der Waals surface area contributed by atoms with Crippen molar-refractivity contribution >= 4 is 0 Å². The van der Waals surface area contributed by atoms with Gasteiger partial charge in [0, 0.05) is 19.8 Å². The van der Waals surface area contributed by atoms with Gasteiger partial charge in [0.25, 0.3) is 0 Å². The van der Waals surface area contributed by atoms with Crippen molar-refractivity contribution in [2.24, 2.45) is 14.1 Å². The third kappa shape index (κ3) is 1.13. The molecule has 0 amide bonds. The minimum Gasteiger partial charge on any atom is -0.317 e. The zero-order valence-electron chi connectivity index (χ0n) is 8.81. The van der Waals surface area contributed by atoms with Crippen molar-refractivity contribution in [2.45, 2.75) is 13.8 Å². The molecule has 2 aromatic heterocycles. The van der Waals surface area contributed by atoms with Crippen molar-refractivity contribution in [3.63, 3.8) is 0 Å². The summed E-state index contributed by atoms with van der Waals surface area (Å²) in [6, 6.07) is 0. The standard InChI is InChI=1S/C9H13N5/c1-6-8(7(2)14(4)12-6)9-11-10-5-13(9)3/h5H,1-4H3. The lowest BCUT2D eigenvalue weighted by Gasteiger charge is -2.00. The second kappa shape index (κ2) is 2.94. The van der Waals surface area contributed by atoms with E-state index in [0.29, 0.717) is 0 Å². The Bertz CT molecular complexity index is 466. The molecule has 0 fully saturated rings. The largest absolute Gasteiger partial charge is 0.317 e. The van der Waals surface area contributed by atoms with Crippen LogP contribution in [-0.4, -0.2) is 24.5 Å². The summed E-state index contributed by atoms with van der Waals surface area (Å²) in [6.45, 7) is 4.01. The molecule has 0 saturated heterocycles. The summed E-state index contributed by atoms with van der Waals surface area (Å²) in [7, 11) is 3.86. The van der Waals surface area contributed by atoms with Crippen molar-refractivity contribution < 1.29 is 0 Å². The van der Waals surface area contributed by atoms with Crippen LogP contribution < -0.4 is 0 Å². The van der Waals surface area contributed by atoms with Gasteiger partial charge in [-0.2, -0.15) is 5.10 Å². The lowest BCUT2D eigenvalue weighted by molar-refractivity contribution is 0.731. The molecule has 0 aliphatic carbocycles. The average Bonchev–Trinajstić information content (AvgIpc) is 2.60. The first-order chi connectivity index (χ1) is 6.61. The number of rotatable bonds is 1. The highest BCUT2D eigenvalue weighted by Crippen LogP contribution is 2.23. The van der Waals surface area contributed by atoms with Gasteiger partial charge in [-0.05, 0) is 13.8 Å². The van der Waals surface area contributed by atoms with Gasteiger partial charge in [-0.25, -0.2) is 0 Å². The molecule has 74 valence electrons. The SMILES string of the molecule is Cc1nn(C)c(C)c1-c1nncn1C. The zero-order chi connectivity index (χ0) is 10.3. The monoisotopic (exact) mass is 191 g/mol. The highest BCUT2D eigenvalue weighted by Gasteiger charge is 2.15. The minimum atomic E-state index is 0.869. The molecular weight excluding hydrogens is 178 g/mol. The van der Waals surface area contributed by atoms with Gasteiger partial charge in [-0.1, -0.05) is 0 Å². The van der Waals surface area contributed by atoms with Gasteiger partial charge in [-0.15, -0.1) is 10.2 Å². The molecule has 0 radical (unpaired) electrons. The summed E-state index contributed by atoms with van der Waals surface area (Å²) >= 11 is 0. The fourth-order valence-electron chi connectivity index (χ4n) is 1.61. The molecule has 0 atom stereocenters. The number of hydrogen-bond acceptors (Lipinski definition) is 3. The van der Waals surface area contributed by atoms with Crippen LogP contribution in [0.25, 0.3) is 11.4 Å². The quantitative estimate of drug-likeness (QED) is 0.671. The van der Waals surface area contributed by atoms with Crippen LogP contribution in [0.2, 0.25) is 0 Å². The van der Waals surface area contributed by atoms with E-state index >= 15 is 0 Å². The summed E-state index contributed by atoms with van der Waals surface area (Å²) in [5.41, 5.74) is 3.17. The number of nitrogens with zero attached hydrogens (tertiary/aromatic N) is 5. The topological polar surface area (TPSA) is 48.5 Å².